The van der Waals surface area contributed by atoms with Crippen molar-refractivity contribution in [3.63, 3.8) is 0 Å². The maximum Gasteiger partial charge on any atom is 0.141 e. The molecule has 0 amide bonds. The predicted molar refractivity (Wildman–Crippen MR) is 201 cm³/mol. The van der Waals surface area contributed by atoms with Crippen molar-refractivity contribution < 1.29 is 0 Å². The summed E-state index contributed by atoms with van der Waals surface area (Å²) >= 11 is 0. The minimum absolute atomic E-state index is 0.207. The molecule has 238 valence electrons. The lowest BCUT2D eigenvalue weighted by Gasteiger charge is -2.23. The number of nitrogens with zero attached hydrogens (tertiary/aromatic N) is 6. The Balaban J connectivity index is 1.38. The number of hydrogen-bond donors (Lipinski definition) is 0. The lowest BCUT2D eigenvalue weighted by molar-refractivity contribution is 0.661. The van der Waals surface area contributed by atoms with Crippen LogP contribution in [0.2, 0.25) is 0 Å². The van der Waals surface area contributed by atoms with Crippen molar-refractivity contribution in [3.8, 4) is 68.3 Å². The molecule has 6 heteroatoms. The summed E-state index contributed by atoms with van der Waals surface area (Å²) in [5.74, 6) is 0. The zero-order chi connectivity index (χ0) is 34.7. The van der Waals surface area contributed by atoms with Crippen LogP contribution in [0.1, 0.15) is 36.4 Å². The van der Waals surface area contributed by atoms with Gasteiger partial charge in [-0.05, 0) is 104 Å². The topological polar surface area (TPSA) is 99.1 Å². The molecule has 1 aliphatic rings. The number of pyridine rings is 4. The predicted octanol–water partition coefficient (Wildman–Crippen LogP) is 10.3. The van der Waals surface area contributed by atoms with Gasteiger partial charge in [0.15, 0.2) is 0 Å². The molecule has 0 bridgehead atoms. The smallest absolute Gasteiger partial charge is 0.141 e. The van der Waals surface area contributed by atoms with Crippen molar-refractivity contribution in [2.24, 2.45) is 0 Å². The largest absolute Gasteiger partial charge is 0.248 e. The van der Waals surface area contributed by atoms with Crippen LogP contribution >= 0.6 is 0 Å². The first-order valence-electron chi connectivity index (χ1n) is 16.8. The van der Waals surface area contributed by atoms with Gasteiger partial charge in [-0.2, -0.15) is 10.5 Å². The van der Waals surface area contributed by atoms with Crippen LogP contribution in [0.25, 0.3) is 77.7 Å². The minimum atomic E-state index is -0.207. The van der Waals surface area contributed by atoms with Crippen LogP contribution in [-0.4, -0.2) is 19.9 Å². The van der Waals surface area contributed by atoms with E-state index in [0.29, 0.717) is 11.4 Å². The van der Waals surface area contributed by atoms with Crippen LogP contribution in [0.5, 0.6) is 0 Å². The van der Waals surface area contributed by atoms with Crippen molar-refractivity contribution in [1.82, 2.24) is 19.9 Å². The first-order valence-corrected chi connectivity index (χ1v) is 16.8. The summed E-state index contributed by atoms with van der Waals surface area (Å²) in [6, 6.07) is 45.7. The molecule has 4 aromatic carbocycles. The van der Waals surface area contributed by atoms with Gasteiger partial charge >= 0.3 is 0 Å². The molecule has 0 saturated heterocycles. The number of nitriles is 2. The van der Waals surface area contributed by atoms with Gasteiger partial charge in [0.2, 0.25) is 0 Å². The number of hydrogen-bond acceptors (Lipinski definition) is 6. The van der Waals surface area contributed by atoms with Gasteiger partial charge in [-0.15, -0.1) is 0 Å². The molecule has 1 aliphatic carbocycles. The quantitative estimate of drug-likeness (QED) is 0.175. The lowest BCUT2D eigenvalue weighted by atomic mass is 9.80. The fourth-order valence-electron chi connectivity index (χ4n) is 7.69. The Morgan fingerprint density at radius 3 is 1.55 bits per heavy atom. The second-order valence-electron chi connectivity index (χ2n) is 13.3. The van der Waals surface area contributed by atoms with E-state index >= 15 is 0 Å². The zero-order valence-electron chi connectivity index (χ0n) is 27.9. The Morgan fingerprint density at radius 1 is 0.471 bits per heavy atom. The molecule has 9 rings (SSSR count). The standard InChI is InChI=1S/C45H28N6/c1-45(2)37-12-6-5-9-31(37)34-23-35-36(24-38(34)45)44(42-16-8-14-40(51-42)28-18-20-49-30(22-28)26-47)33-11-4-3-10-32(33)43(35)41-15-7-13-39(50-41)27-17-19-48-29(21-27)25-46/h3-24H,1-2H3. The van der Waals surface area contributed by atoms with Gasteiger partial charge in [-0.1, -0.05) is 74.5 Å². The van der Waals surface area contributed by atoms with Crippen LogP contribution in [0.3, 0.4) is 0 Å². The highest BCUT2D eigenvalue weighted by Crippen LogP contribution is 2.53. The molecule has 0 spiro atoms. The van der Waals surface area contributed by atoms with Gasteiger partial charge < -0.3 is 0 Å². The average molecular weight is 653 g/mol. The van der Waals surface area contributed by atoms with Gasteiger partial charge in [0.05, 0.1) is 22.8 Å². The summed E-state index contributed by atoms with van der Waals surface area (Å²) in [6.45, 7) is 4.60. The summed E-state index contributed by atoms with van der Waals surface area (Å²) in [6.07, 6.45) is 3.30. The van der Waals surface area contributed by atoms with E-state index in [9.17, 15) is 10.5 Å². The molecule has 4 heterocycles. The molecule has 0 aliphatic heterocycles. The molecule has 0 radical (unpaired) electrons. The highest BCUT2D eigenvalue weighted by Gasteiger charge is 2.36. The number of fused-ring (bicyclic) bond motifs is 5. The van der Waals surface area contributed by atoms with Crippen molar-refractivity contribution in [1.29, 1.82) is 10.5 Å². The minimum Gasteiger partial charge on any atom is -0.248 e. The Hall–Kier alpha value is -7.02. The Kier molecular flexibility index (Phi) is 6.81. The molecule has 0 unspecified atom stereocenters. The van der Waals surface area contributed by atoms with Crippen LogP contribution in [0.4, 0.5) is 0 Å². The lowest BCUT2D eigenvalue weighted by Crippen LogP contribution is -2.14. The summed E-state index contributed by atoms with van der Waals surface area (Å²) in [5, 5.41) is 23.4. The van der Waals surface area contributed by atoms with Crippen LogP contribution in [0, 0.1) is 22.7 Å². The molecule has 6 nitrogen and oxygen atoms in total. The Morgan fingerprint density at radius 2 is 0.980 bits per heavy atom. The molecule has 0 fully saturated rings. The average Bonchev–Trinajstić information content (AvgIpc) is 3.41. The van der Waals surface area contributed by atoms with Crippen molar-refractivity contribution in [3.05, 3.63) is 156 Å². The normalized spacial score (nSPS) is 12.6. The maximum atomic E-state index is 9.53. The van der Waals surface area contributed by atoms with E-state index in [1.54, 1.807) is 24.5 Å². The van der Waals surface area contributed by atoms with E-state index < -0.39 is 0 Å². The van der Waals surface area contributed by atoms with Crippen LogP contribution in [0.15, 0.2) is 134 Å². The van der Waals surface area contributed by atoms with Gasteiger partial charge in [0.25, 0.3) is 0 Å². The molecule has 0 N–H and O–H groups in total. The summed E-state index contributed by atoms with van der Waals surface area (Å²) in [4.78, 5) is 18.8. The van der Waals surface area contributed by atoms with Gasteiger partial charge in [0, 0.05) is 40.1 Å². The van der Waals surface area contributed by atoms with Gasteiger partial charge in [-0.25, -0.2) is 19.9 Å². The van der Waals surface area contributed by atoms with E-state index in [0.717, 1.165) is 66.6 Å². The molecule has 0 saturated carbocycles. The van der Waals surface area contributed by atoms with Crippen molar-refractivity contribution in [2.45, 2.75) is 19.3 Å². The molecular weight excluding hydrogens is 625 g/mol. The van der Waals surface area contributed by atoms with Crippen molar-refractivity contribution >= 4 is 21.5 Å². The molecule has 51 heavy (non-hydrogen) atoms. The Labute approximate surface area is 295 Å². The Bertz CT molecular complexity index is 2820. The fraction of sp³-hybridized carbons (Fsp3) is 0.0667. The van der Waals surface area contributed by atoms with Crippen LogP contribution < -0.4 is 0 Å². The van der Waals surface area contributed by atoms with E-state index in [1.165, 1.54) is 22.3 Å². The summed E-state index contributed by atoms with van der Waals surface area (Å²) < 4.78 is 0. The molecule has 8 aromatic rings. The molecule has 4 aromatic heterocycles. The third-order valence-corrected chi connectivity index (χ3v) is 10.1. The van der Waals surface area contributed by atoms with Crippen LogP contribution in [-0.2, 0) is 5.41 Å². The first-order chi connectivity index (χ1) is 24.9. The van der Waals surface area contributed by atoms with E-state index in [4.69, 9.17) is 9.97 Å². The first kappa shape index (κ1) is 30.1. The van der Waals surface area contributed by atoms with Crippen molar-refractivity contribution in [2.75, 3.05) is 0 Å². The molecular formula is C45H28N6. The monoisotopic (exact) mass is 652 g/mol. The van der Waals surface area contributed by atoms with E-state index in [-0.39, 0.29) is 5.41 Å². The second-order valence-corrected chi connectivity index (χ2v) is 13.3. The number of rotatable bonds is 4. The van der Waals surface area contributed by atoms with E-state index in [2.05, 4.69) is 109 Å². The highest BCUT2D eigenvalue weighted by molar-refractivity contribution is 6.22. The zero-order valence-corrected chi connectivity index (χ0v) is 27.9. The van der Waals surface area contributed by atoms with Gasteiger partial charge in [0.1, 0.15) is 23.5 Å². The number of aromatic nitrogens is 4. The fourth-order valence-corrected chi connectivity index (χ4v) is 7.69. The SMILES string of the molecule is CC1(C)c2ccccc2-c2cc3c(-c4cccc(-c5ccnc(C#N)c5)n4)c4ccccc4c(-c4cccc(-c5ccnc(C#N)c5)n4)c3cc21. The third kappa shape index (κ3) is 4.77. The summed E-state index contributed by atoms with van der Waals surface area (Å²) in [5.41, 5.74) is 12.5. The molecule has 0 atom stereocenters. The highest BCUT2D eigenvalue weighted by atomic mass is 14.7. The van der Waals surface area contributed by atoms with Gasteiger partial charge in [-0.3, -0.25) is 0 Å². The van der Waals surface area contributed by atoms with E-state index in [1.807, 2.05) is 36.4 Å². The summed E-state index contributed by atoms with van der Waals surface area (Å²) in [7, 11) is 0. The second kappa shape index (κ2) is 11.6. The maximum absolute atomic E-state index is 9.53. The third-order valence-electron chi connectivity index (χ3n) is 10.1. The number of benzene rings is 4.